The Morgan fingerprint density at radius 2 is 2.06 bits per heavy atom. The van der Waals surface area contributed by atoms with Gasteiger partial charge in [-0.3, -0.25) is 14.2 Å². The molecule has 0 saturated carbocycles. The van der Waals surface area contributed by atoms with Crippen molar-refractivity contribution in [1.29, 1.82) is 0 Å². The molecule has 0 atom stereocenters. The summed E-state index contributed by atoms with van der Waals surface area (Å²) in [5, 5.41) is 29.6. The number of aliphatic hydroxyl groups is 2. The molecule has 1 aromatic carbocycles. The Morgan fingerprint density at radius 1 is 1.24 bits per heavy atom. The van der Waals surface area contributed by atoms with Crippen molar-refractivity contribution >= 4 is 51.4 Å². The highest BCUT2D eigenvalue weighted by atomic mass is 127. The van der Waals surface area contributed by atoms with Crippen molar-refractivity contribution in [1.82, 2.24) is 24.9 Å². The van der Waals surface area contributed by atoms with E-state index in [0.717, 1.165) is 0 Å². The third-order valence-electron chi connectivity index (χ3n) is 4.55. The zero-order valence-corrected chi connectivity index (χ0v) is 21.0. The fraction of sp³-hybridized carbons (Fsp3) is 0.143. The van der Waals surface area contributed by atoms with Crippen molar-refractivity contribution in [2.45, 2.75) is 12.8 Å². The number of carbonyl (C=O) groups is 1. The van der Waals surface area contributed by atoms with E-state index in [2.05, 4.69) is 15.6 Å². The first-order valence-corrected chi connectivity index (χ1v) is 12.1. The van der Waals surface area contributed by atoms with E-state index < -0.39 is 12.9 Å². The second-order valence-corrected chi connectivity index (χ2v) is 9.61. The molecular weight excluding hydrogens is 597 g/mol. The molecule has 0 saturated heterocycles. The maximum Gasteiger partial charge on any atom is 0.261 e. The topological polar surface area (TPSA) is 132 Å². The summed E-state index contributed by atoms with van der Waals surface area (Å²) < 4.78 is 9.65. The van der Waals surface area contributed by atoms with Crippen molar-refractivity contribution in [3.05, 3.63) is 83.7 Å². The molecule has 0 bridgehead atoms. The molecule has 0 aliphatic rings. The predicted molar refractivity (Wildman–Crippen MR) is 134 cm³/mol. The van der Waals surface area contributed by atoms with Gasteiger partial charge in [-0.15, -0.1) is 16.4 Å². The fourth-order valence-corrected chi connectivity index (χ4v) is 4.61. The van der Waals surface area contributed by atoms with Crippen molar-refractivity contribution in [2.75, 3.05) is 6.61 Å². The minimum Gasteiger partial charge on any atom is -0.486 e. The van der Waals surface area contributed by atoms with Crippen LogP contribution in [0.1, 0.15) is 15.4 Å². The standard InChI is InChI=1S/C21H17ClIN5O5S/c22-17-7-6-16(34-17)21(32)24-10-13-20(23)28(26-25-13)14-5-4-12(9-15(14)33-11-19(30)31)27-8-2-1-3-18(27)29/h1-9,19,30-31H,10-11H2,(H,24,32). The zero-order chi connectivity index (χ0) is 24.2. The van der Waals surface area contributed by atoms with Crippen LogP contribution in [0.4, 0.5) is 0 Å². The number of carbonyl (C=O) groups excluding carboxylic acids is 1. The first-order chi connectivity index (χ1) is 16.3. The summed E-state index contributed by atoms with van der Waals surface area (Å²) in [6.45, 7) is -0.257. The molecule has 10 nitrogen and oxygen atoms in total. The summed E-state index contributed by atoms with van der Waals surface area (Å²) in [4.78, 5) is 25.0. The largest absolute Gasteiger partial charge is 0.486 e. The SMILES string of the molecule is O=C(NCc1nnn(-c2ccc(-n3ccccc3=O)cc2OCC(O)O)c1I)c1ccc(Cl)s1. The molecule has 13 heteroatoms. The maximum absolute atomic E-state index is 12.3. The average molecular weight is 614 g/mol. The number of nitrogens with one attached hydrogen (secondary N) is 1. The third-order valence-corrected chi connectivity index (χ3v) is 6.86. The predicted octanol–water partition coefficient (Wildman–Crippen LogP) is 2.36. The number of aromatic nitrogens is 4. The maximum atomic E-state index is 12.3. The molecule has 1 amide bonds. The average Bonchev–Trinajstić information content (AvgIpc) is 3.41. The van der Waals surface area contributed by atoms with Gasteiger partial charge in [-0.1, -0.05) is 22.9 Å². The van der Waals surface area contributed by atoms with Gasteiger partial charge in [0.1, 0.15) is 27.4 Å². The van der Waals surface area contributed by atoms with Gasteiger partial charge in [-0.2, -0.15) is 0 Å². The van der Waals surface area contributed by atoms with Crippen LogP contribution in [-0.2, 0) is 6.54 Å². The molecular formula is C21H17ClIN5O5S. The van der Waals surface area contributed by atoms with Crippen LogP contribution < -0.4 is 15.6 Å². The Bertz CT molecular complexity index is 1390. The summed E-state index contributed by atoms with van der Waals surface area (Å²) in [6.07, 6.45) is -0.0784. The number of hydrogen-bond donors (Lipinski definition) is 3. The number of hydrogen-bond acceptors (Lipinski definition) is 8. The molecule has 0 radical (unpaired) electrons. The van der Waals surface area contributed by atoms with Gasteiger partial charge >= 0.3 is 0 Å². The van der Waals surface area contributed by atoms with Gasteiger partial charge in [-0.05, 0) is 52.9 Å². The molecule has 34 heavy (non-hydrogen) atoms. The molecule has 176 valence electrons. The number of nitrogens with zero attached hydrogens (tertiary/aromatic N) is 4. The van der Waals surface area contributed by atoms with Gasteiger partial charge in [0, 0.05) is 18.3 Å². The highest BCUT2D eigenvalue weighted by molar-refractivity contribution is 14.1. The van der Waals surface area contributed by atoms with Crippen molar-refractivity contribution in [2.24, 2.45) is 0 Å². The Labute approximate surface area is 215 Å². The van der Waals surface area contributed by atoms with Gasteiger partial charge < -0.3 is 20.3 Å². The molecule has 3 heterocycles. The van der Waals surface area contributed by atoms with Crippen LogP contribution in [0, 0.1) is 3.70 Å². The molecule has 3 N–H and O–H groups in total. The van der Waals surface area contributed by atoms with E-state index in [1.165, 1.54) is 26.7 Å². The number of aliphatic hydroxyl groups excluding tert-OH is 1. The smallest absolute Gasteiger partial charge is 0.261 e. The lowest BCUT2D eigenvalue weighted by atomic mass is 10.2. The highest BCUT2D eigenvalue weighted by Crippen LogP contribution is 2.28. The monoisotopic (exact) mass is 613 g/mol. The van der Waals surface area contributed by atoms with Crippen molar-refractivity contribution < 1.29 is 19.7 Å². The highest BCUT2D eigenvalue weighted by Gasteiger charge is 2.18. The Hall–Kier alpha value is -2.78. The second kappa shape index (κ2) is 10.7. The van der Waals surface area contributed by atoms with Crippen LogP contribution in [0.2, 0.25) is 4.34 Å². The molecule has 3 aromatic heterocycles. The first kappa shape index (κ1) is 24.3. The van der Waals surface area contributed by atoms with Gasteiger partial charge in [-0.25, -0.2) is 4.68 Å². The zero-order valence-electron chi connectivity index (χ0n) is 17.3. The van der Waals surface area contributed by atoms with Gasteiger partial charge in [0.15, 0.2) is 6.29 Å². The number of benzene rings is 1. The Kier molecular flexibility index (Phi) is 7.63. The third kappa shape index (κ3) is 5.47. The number of ether oxygens (including phenoxy) is 1. The van der Waals surface area contributed by atoms with Crippen LogP contribution in [0.25, 0.3) is 11.4 Å². The summed E-state index contributed by atoms with van der Waals surface area (Å²) in [5.41, 5.74) is 1.28. The molecule has 0 aliphatic carbocycles. The number of thiophene rings is 1. The van der Waals surface area contributed by atoms with E-state index in [1.807, 2.05) is 22.6 Å². The lowest BCUT2D eigenvalue weighted by Crippen LogP contribution is -2.22. The Morgan fingerprint density at radius 3 is 2.76 bits per heavy atom. The summed E-state index contributed by atoms with van der Waals surface area (Å²) >= 11 is 9.11. The molecule has 0 unspecified atom stereocenters. The summed E-state index contributed by atoms with van der Waals surface area (Å²) in [7, 11) is 0. The van der Waals surface area contributed by atoms with Crippen molar-refractivity contribution in [3.63, 3.8) is 0 Å². The molecule has 4 rings (SSSR count). The van der Waals surface area contributed by atoms with E-state index in [-0.39, 0.29) is 23.8 Å². The van der Waals surface area contributed by atoms with Gasteiger partial charge in [0.2, 0.25) is 0 Å². The normalized spacial score (nSPS) is 11.1. The second-order valence-electron chi connectivity index (χ2n) is 6.88. The van der Waals surface area contributed by atoms with Crippen LogP contribution in [0.3, 0.4) is 0 Å². The minimum absolute atomic E-state index is 0.135. The van der Waals surface area contributed by atoms with Gasteiger partial charge in [0.05, 0.1) is 21.4 Å². The van der Waals surface area contributed by atoms with Crippen LogP contribution in [-0.4, -0.2) is 48.6 Å². The van der Waals surface area contributed by atoms with Crippen LogP contribution in [0.15, 0.2) is 59.5 Å². The Balaban J connectivity index is 1.62. The summed E-state index contributed by atoms with van der Waals surface area (Å²) in [6, 6.07) is 13.1. The van der Waals surface area contributed by atoms with E-state index in [1.54, 1.807) is 48.7 Å². The molecule has 0 spiro atoms. The van der Waals surface area contributed by atoms with E-state index in [0.29, 0.717) is 30.0 Å². The van der Waals surface area contributed by atoms with Crippen molar-refractivity contribution in [3.8, 4) is 17.1 Å². The number of rotatable bonds is 8. The number of halogens is 2. The van der Waals surface area contributed by atoms with Gasteiger partial charge in [0.25, 0.3) is 11.5 Å². The summed E-state index contributed by atoms with van der Waals surface area (Å²) in [5.74, 6) is -0.0196. The van der Waals surface area contributed by atoms with E-state index >= 15 is 0 Å². The fourth-order valence-electron chi connectivity index (χ4n) is 3.00. The lowest BCUT2D eigenvalue weighted by Gasteiger charge is -2.15. The van der Waals surface area contributed by atoms with Crippen LogP contribution >= 0.6 is 45.5 Å². The molecule has 0 fully saturated rings. The first-order valence-electron chi connectivity index (χ1n) is 9.78. The molecule has 4 aromatic rings. The van der Waals surface area contributed by atoms with E-state index in [9.17, 15) is 19.8 Å². The molecule has 0 aliphatic heterocycles. The van der Waals surface area contributed by atoms with Crippen LogP contribution in [0.5, 0.6) is 5.75 Å². The number of pyridine rings is 1. The quantitative estimate of drug-likeness (QED) is 0.205. The minimum atomic E-state index is -1.69. The van der Waals surface area contributed by atoms with E-state index in [4.69, 9.17) is 16.3 Å². The lowest BCUT2D eigenvalue weighted by molar-refractivity contribution is -0.0680. The number of amides is 1.